The van der Waals surface area contributed by atoms with Crippen molar-refractivity contribution < 1.29 is 0 Å². The molecule has 0 spiro atoms. The molecule has 0 unspecified atom stereocenters. The van der Waals surface area contributed by atoms with Gasteiger partial charge in [-0.2, -0.15) is 0 Å². The maximum atomic E-state index is 4.33. The first-order valence-corrected chi connectivity index (χ1v) is 6.77. The third-order valence-electron chi connectivity index (χ3n) is 4.09. The minimum atomic E-state index is 1.05. The van der Waals surface area contributed by atoms with E-state index in [-0.39, 0.29) is 0 Å². The van der Waals surface area contributed by atoms with Crippen LogP contribution in [0.3, 0.4) is 0 Å². The van der Waals surface area contributed by atoms with Gasteiger partial charge in [0.15, 0.2) is 0 Å². The molecule has 20 heavy (non-hydrogen) atoms. The number of benzene rings is 3. The van der Waals surface area contributed by atoms with Gasteiger partial charge in [-0.05, 0) is 43.5 Å². The third kappa shape index (κ3) is 1.36. The summed E-state index contributed by atoms with van der Waals surface area (Å²) in [5.74, 6) is 0. The Morgan fingerprint density at radius 3 is 2.10 bits per heavy atom. The minimum Gasteiger partial charge on any atom is -0.0911 e. The van der Waals surface area contributed by atoms with Crippen LogP contribution in [0, 0.1) is 0 Å². The Kier molecular flexibility index (Phi) is 2.22. The maximum absolute atomic E-state index is 4.33. The summed E-state index contributed by atoms with van der Waals surface area (Å²) in [6.07, 6.45) is 0. The van der Waals surface area contributed by atoms with E-state index in [1.807, 2.05) is 6.07 Å². The molecule has 0 bridgehead atoms. The lowest BCUT2D eigenvalue weighted by Gasteiger charge is -2.03. The average molecular weight is 254 g/mol. The van der Waals surface area contributed by atoms with Gasteiger partial charge in [0.05, 0.1) is 0 Å². The number of hydrogen-bond donors (Lipinski definition) is 0. The van der Waals surface area contributed by atoms with E-state index in [1.165, 1.54) is 32.7 Å². The van der Waals surface area contributed by atoms with Crippen molar-refractivity contribution in [3.05, 3.63) is 88.8 Å². The predicted molar refractivity (Wildman–Crippen MR) is 86.7 cm³/mol. The fourth-order valence-corrected chi connectivity index (χ4v) is 3.17. The van der Waals surface area contributed by atoms with Gasteiger partial charge >= 0.3 is 0 Å². The van der Waals surface area contributed by atoms with Crippen molar-refractivity contribution in [1.29, 1.82) is 0 Å². The summed E-state index contributed by atoms with van der Waals surface area (Å²) in [5, 5.41) is 4.82. The second-order valence-corrected chi connectivity index (χ2v) is 5.22. The summed E-state index contributed by atoms with van der Waals surface area (Å²) in [5.41, 5.74) is 4.85. The van der Waals surface area contributed by atoms with E-state index < -0.39 is 0 Å². The predicted octanol–water partition coefficient (Wildman–Crippen LogP) is 3.48. The van der Waals surface area contributed by atoms with Gasteiger partial charge in [-0.1, -0.05) is 73.8 Å². The van der Waals surface area contributed by atoms with Gasteiger partial charge in [0.2, 0.25) is 0 Å². The Morgan fingerprint density at radius 2 is 1.35 bits per heavy atom. The van der Waals surface area contributed by atoms with E-state index in [1.54, 1.807) is 0 Å². The minimum absolute atomic E-state index is 1.05. The molecule has 0 aliphatic heterocycles. The molecule has 0 nitrogen and oxygen atoms in total. The zero-order chi connectivity index (χ0) is 13.7. The lowest BCUT2D eigenvalue weighted by molar-refractivity contribution is 1.51. The monoisotopic (exact) mass is 254 g/mol. The molecular weight excluding hydrogens is 240 g/mol. The van der Waals surface area contributed by atoms with Crippen LogP contribution in [0.4, 0.5) is 0 Å². The lowest BCUT2D eigenvalue weighted by Crippen LogP contribution is -2.24. The summed E-state index contributed by atoms with van der Waals surface area (Å²) < 4.78 is 0. The molecule has 4 rings (SSSR count). The van der Waals surface area contributed by atoms with E-state index in [4.69, 9.17) is 0 Å². The SMILES string of the molecule is C=C1/C(=c2/ccccc2=C)c2cccc3cccc1c23. The highest BCUT2D eigenvalue weighted by Crippen LogP contribution is 2.42. The molecule has 94 valence electrons. The highest BCUT2D eigenvalue weighted by atomic mass is 14.2. The van der Waals surface area contributed by atoms with Crippen LogP contribution in [0.1, 0.15) is 11.1 Å². The van der Waals surface area contributed by atoms with Gasteiger partial charge in [-0.3, -0.25) is 0 Å². The van der Waals surface area contributed by atoms with Crippen LogP contribution in [0.15, 0.2) is 67.2 Å². The molecule has 3 aromatic rings. The summed E-state index contributed by atoms with van der Waals surface area (Å²) in [4.78, 5) is 0. The Bertz CT molecular complexity index is 969. The van der Waals surface area contributed by atoms with Crippen molar-refractivity contribution in [2.45, 2.75) is 0 Å². The normalized spacial score (nSPS) is 15.9. The molecule has 3 aromatic carbocycles. The Labute approximate surface area is 118 Å². The van der Waals surface area contributed by atoms with Crippen molar-refractivity contribution in [3.8, 4) is 0 Å². The van der Waals surface area contributed by atoms with Crippen molar-refractivity contribution in [2.24, 2.45) is 0 Å². The van der Waals surface area contributed by atoms with Gasteiger partial charge in [-0.25, -0.2) is 0 Å². The quantitative estimate of drug-likeness (QED) is 0.576. The maximum Gasteiger partial charge on any atom is -0.00263 e. The smallest absolute Gasteiger partial charge is 0.00263 e. The van der Waals surface area contributed by atoms with Crippen LogP contribution in [0.5, 0.6) is 0 Å². The molecule has 0 heteroatoms. The summed E-state index contributed by atoms with van der Waals surface area (Å²) in [6.45, 7) is 8.49. The second-order valence-electron chi connectivity index (χ2n) is 5.22. The first kappa shape index (κ1) is 11.2. The summed E-state index contributed by atoms with van der Waals surface area (Å²) >= 11 is 0. The van der Waals surface area contributed by atoms with E-state index in [0.717, 1.165) is 10.8 Å². The van der Waals surface area contributed by atoms with E-state index >= 15 is 0 Å². The Morgan fingerprint density at radius 1 is 0.650 bits per heavy atom. The molecule has 0 fully saturated rings. The lowest BCUT2D eigenvalue weighted by atomic mass is 10.0. The summed E-state index contributed by atoms with van der Waals surface area (Å²) in [6, 6.07) is 21.2. The van der Waals surface area contributed by atoms with Gasteiger partial charge in [0.25, 0.3) is 0 Å². The highest BCUT2D eigenvalue weighted by molar-refractivity contribution is 6.21. The van der Waals surface area contributed by atoms with Gasteiger partial charge < -0.3 is 0 Å². The van der Waals surface area contributed by atoms with E-state index in [2.05, 4.69) is 67.8 Å². The molecule has 0 heterocycles. The van der Waals surface area contributed by atoms with Crippen molar-refractivity contribution in [3.63, 3.8) is 0 Å². The fraction of sp³-hybridized carbons (Fsp3) is 0. The molecule has 0 N–H and O–H groups in total. The van der Waals surface area contributed by atoms with E-state index in [9.17, 15) is 0 Å². The fourth-order valence-electron chi connectivity index (χ4n) is 3.17. The molecule has 0 saturated heterocycles. The highest BCUT2D eigenvalue weighted by Gasteiger charge is 2.22. The Balaban J connectivity index is 2.27. The molecule has 1 aliphatic carbocycles. The van der Waals surface area contributed by atoms with Gasteiger partial charge in [0, 0.05) is 0 Å². The first-order valence-electron chi connectivity index (χ1n) is 6.77. The first-order chi connectivity index (χ1) is 9.77. The van der Waals surface area contributed by atoms with Crippen LogP contribution in [-0.4, -0.2) is 0 Å². The molecule has 0 saturated carbocycles. The number of allylic oxidation sites excluding steroid dienone is 1. The van der Waals surface area contributed by atoms with Crippen molar-refractivity contribution in [1.82, 2.24) is 0 Å². The van der Waals surface area contributed by atoms with Crippen molar-refractivity contribution >= 4 is 28.5 Å². The van der Waals surface area contributed by atoms with Crippen molar-refractivity contribution in [2.75, 3.05) is 0 Å². The second kappa shape index (κ2) is 3.94. The Hall–Kier alpha value is -2.60. The average Bonchev–Trinajstić information content (AvgIpc) is 2.76. The molecule has 0 atom stereocenters. The van der Waals surface area contributed by atoms with Crippen LogP contribution in [0.25, 0.3) is 28.5 Å². The van der Waals surface area contributed by atoms with Gasteiger partial charge in [0.1, 0.15) is 0 Å². The van der Waals surface area contributed by atoms with Crippen LogP contribution in [-0.2, 0) is 0 Å². The van der Waals surface area contributed by atoms with Crippen LogP contribution in [0.2, 0.25) is 0 Å². The molecular formula is C20H14. The van der Waals surface area contributed by atoms with Crippen LogP contribution < -0.4 is 10.4 Å². The zero-order valence-corrected chi connectivity index (χ0v) is 11.2. The largest absolute Gasteiger partial charge is 0.0911 e. The summed E-state index contributed by atoms with van der Waals surface area (Å²) in [7, 11) is 0. The molecule has 0 aromatic heterocycles. The molecule has 0 amide bonds. The molecule has 1 aliphatic rings. The molecule has 0 radical (unpaired) electrons. The third-order valence-corrected chi connectivity index (χ3v) is 4.09. The van der Waals surface area contributed by atoms with Gasteiger partial charge in [-0.15, -0.1) is 0 Å². The number of rotatable bonds is 0. The van der Waals surface area contributed by atoms with Crippen LogP contribution >= 0.6 is 0 Å². The number of hydrogen-bond acceptors (Lipinski definition) is 0. The standard InChI is InChI=1S/C20H14/c1-13-7-3-4-10-16(13)19-14(2)17-11-5-8-15-9-6-12-18(19)20(15)17/h3-12H,1-2H2/b19-16+. The van der Waals surface area contributed by atoms with E-state index in [0.29, 0.717) is 0 Å². The zero-order valence-electron chi connectivity index (χ0n) is 11.2. The topological polar surface area (TPSA) is 0 Å².